The third kappa shape index (κ3) is 3.78. The molecular formula is C21H23N3O3S. The van der Waals surface area contributed by atoms with Crippen molar-refractivity contribution in [3.8, 4) is 6.07 Å². The number of hydrogen-bond acceptors (Lipinski definition) is 5. The molecule has 1 N–H and O–H groups in total. The Morgan fingerprint density at radius 3 is 2.64 bits per heavy atom. The van der Waals surface area contributed by atoms with E-state index >= 15 is 0 Å². The van der Waals surface area contributed by atoms with Crippen molar-refractivity contribution in [3.05, 3.63) is 55.9 Å². The zero-order valence-corrected chi connectivity index (χ0v) is 17.1. The van der Waals surface area contributed by atoms with Crippen molar-refractivity contribution in [1.82, 2.24) is 0 Å². The molecule has 146 valence electrons. The number of amides is 1. The standard InChI is InChI=1S/C21H23N3O3S/c1-4-21(2,3)14-7-10-16-17(12-22)20(28-18(16)11-14)23-19(25)13-5-8-15(9-6-13)24(26)27/h5-6,8-9,14H,4,7,10-11H2,1-3H3,(H,23,25). The zero-order chi connectivity index (χ0) is 20.5. The summed E-state index contributed by atoms with van der Waals surface area (Å²) >= 11 is 1.49. The first kappa shape index (κ1) is 20.0. The first-order valence-corrected chi connectivity index (χ1v) is 10.2. The summed E-state index contributed by atoms with van der Waals surface area (Å²) in [6, 6.07) is 7.71. The van der Waals surface area contributed by atoms with Crippen LogP contribution in [-0.4, -0.2) is 10.8 Å². The molecule has 0 bridgehead atoms. The molecule has 1 aromatic heterocycles. The Hall–Kier alpha value is -2.72. The number of thiophene rings is 1. The summed E-state index contributed by atoms with van der Waals surface area (Å²) in [6.07, 6.45) is 3.95. The van der Waals surface area contributed by atoms with E-state index in [2.05, 4.69) is 32.2 Å². The summed E-state index contributed by atoms with van der Waals surface area (Å²) in [6.45, 7) is 6.79. The van der Waals surface area contributed by atoms with Gasteiger partial charge in [-0.2, -0.15) is 5.26 Å². The van der Waals surface area contributed by atoms with Gasteiger partial charge in [0.05, 0.1) is 10.5 Å². The van der Waals surface area contributed by atoms with Crippen LogP contribution in [0.5, 0.6) is 0 Å². The van der Waals surface area contributed by atoms with Crippen LogP contribution in [0.25, 0.3) is 0 Å². The number of benzene rings is 1. The van der Waals surface area contributed by atoms with Crippen molar-refractivity contribution in [2.45, 2.75) is 46.5 Å². The Bertz CT molecular complexity index is 955. The number of rotatable bonds is 5. The van der Waals surface area contributed by atoms with Gasteiger partial charge in [-0.15, -0.1) is 11.3 Å². The van der Waals surface area contributed by atoms with Gasteiger partial charge in [-0.25, -0.2) is 0 Å². The van der Waals surface area contributed by atoms with Crippen LogP contribution in [0.4, 0.5) is 10.7 Å². The Labute approximate surface area is 168 Å². The van der Waals surface area contributed by atoms with E-state index < -0.39 is 4.92 Å². The summed E-state index contributed by atoms with van der Waals surface area (Å²) in [5, 5.41) is 23.8. The minimum atomic E-state index is -0.503. The quantitative estimate of drug-likeness (QED) is 0.545. The number of nitrogens with zero attached hydrogens (tertiary/aromatic N) is 2. The monoisotopic (exact) mass is 397 g/mol. The van der Waals surface area contributed by atoms with E-state index in [0.29, 0.717) is 22.0 Å². The summed E-state index contributed by atoms with van der Waals surface area (Å²) in [5.41, 5.74) is 2.13. The van der Waals surface area contributed by atoms with E-state index in [9.17, 15) is 20.2 Å². The van der Waals surface area contributed by atoms with E-state index in [1.54, 1.807) is 0 Å². The molecule has 1 aliphatic rings. The average Bonchev–Trinajstić information content (AvgIpc) is 3.03. The Balaban J connectivity index is 1.83. The number of hydrogen-bond donors (Lipinski definition) is 1. The lowest BCUT2D eigenvalue weighted by Gasteiger charge is -2.36. The van der Waals surface area contributed by atoms with Crippen LogP contribution >= 0.6 is 11.3 Å². The molecule has 0 fully saturated rings. The highest BCUT2D eigenvalue weighted by atomic mass is 32.1. The number of nitro groups is 1. The molecule has 1 unspecified atom stereocenters. The highest BCUT2D eigenvalue weighted by Crippen LogP contribution is 2.45. The minimum Gasteiger partial charge on any atom is -0.312 e. The van der Waals surface area contributed by atoms with Gasteiger partial charge in [0.1, 0.15) is 11.1 Å². The van der Waals surface area contributed by atoms with E-state index in [1.807, 2.05) is 0 Å². The topological polar surface area (TPSA) is 96.0 Å². The number of nitro benzene ring substituents is 1. The number of carbonyl (C=O) groups is 1. The van der Waals surface area contributed by atoms with Gasteiger partial charge in [-0.05, 0) is 48.3 Å². The van der Waals surface area contributed by atoms with Crippen molar-refractivity contribution < 1.29 is 9.72 Å². The van der Waals surface area contributed by atoms with Crippen LogP contribution in [0.15, 0.2) is 24.3 Å². The molecule has 0 saturated carbocycles. The van der Waals surface area contributed by atoms with E-state index in [1.165, 1.54) is 40.5 Å². The zero-order valence-electron chi connectivity index (χ0n) is 16.2. The maximum atomic E-state index is 12.6. The first-order chi connectivity index (χ1) is 13.3. The van der Waals surface area contributed by atoms with Crippen LogP contribution in [0.2, 0.25) is 0 Å². The molecule has 0 spiro atoms. The predicted molar refractivity (Wildman–Crippen MR) is 110 cm³/mol. The van der Waals surface area contributed by atoms with Crippen LogP contribution in [0.3, 0.4) is 0 Å². The Morgan fingerprint density at radius 1 is 1.39 bits per heavy atom. The summed E-state index contributed by atoms with van der Waals surface area (Å²) in [4.78, 5) is 24.0. The SMILES string of the molecule is CCC(C)(C)C1CCc2c(sc(NC(=O)c3ccc([N+](=O)[O-])cc3)c2C#N)C1. The number of nitriles is 1. The number of carbonyl (C=O) groups excluding carboxylic acids is 1. The van der Waals surface area contributed by atoms with Crippen LogP contribution in [0, 0.1) is 32.8 Å². The maximum absolute atomic E-state index is 12.6. The van der Waals surface area contributed by atoms with Gasteiger partial charge in [0.15, 0.2) is 0 Å². The predicted octanol–water partition coefficient (Wildman–Crippen LogP) is 5.32. The fourth-order valence-electron chi connectivity index (χ4n) is 3.66. The van der Waals surface area contributed by atoms with Crippen molar-refractivity contribution in [3.63, 3.8) is 0 Å². The molecule has 2 aromatic rings. The number of anilines is 1. The molecule has 1 heterocycles. The minimum absolute atomic E-state index is 0.0644. The molecule has 1 aliphatic carbocycles. The Kier molecular flexibility index (Phi) is 5.52. The fourth-order valence-corrected chi connectivity index (χ4v) is 4.93. The van der Waals surface area contributed by atoms with Gasteiger partial charge in [-0.3, -0.25) is 14.9 Å². The fraction of sp³-hybridized carbons (Fsp3) is 0.429. The molecule has 1 aromatic carbocycles. The second-order valence-corrected chi connectivity index (χ2v) is 8.96. The Morgan fingerprint density at radius 2 is 2.07 bits per heavy atom. The third-order valence-electron chi connectivity index (χ3n) is 5.96. The van der Waals surface area contributed by atoms with Gasteiger partial charge in [0.2, 0.25) is 0 Å². The lowest BCUT2D eigenvalue weighted by atomic mass is 9.69. The molecule has 0 aliphatic heterocycles. The smallest absolute Gasteiger partial charge is 0.269 e. The van der Waals surface area contributed by atoms with Gasteiger partial charge in [0, 0.05) is 22.6 Å². The summed E-state index contributed by atoms with van der Waals surface area (Å²) < 4.78 is 0. The van der Waals surface area contributed by atoms with Gasteiger partial charge in [0.25, 0.3) is 11.6 Å². The lowest BCUT2D eigenvalue weighted by molar-refractivity contribution is -0.384. The van der Waals surface area contributed by atoms with Gasteiger partial charge in [-0.1, -0.05) is 27.2 Å². The second kappa shape index (κ2) is 7.72. The molecule has 0 radical (unpaired) electrons. The molecule has 6 nitrogen and oxygen atoms in total. The van der Waals surface area contributed by atoms with Crippen molar-refractivity contribution in [2.24, 2.45) is 11.3 Å². The molecule has 7 heteroatoms. The molecule has 1 amide bonds. The highest BCUT2D eigenvalue weighted by Gasteiger charge is 2.34. The van der Waals surface area contributed by atoms with Gasteiger partial charge >= 0.3 is 0 Å². The van der Waals surface area contributed by atoms with E-state index in [-0.39, 0.29) is 17.0 Å². The molecule has 0 saturated heterocycles. The number of fused-ring (bicyclic) bond motifs is 1. The maximum Gasteiger partial charge on any atom is 0.269 e. The van der Waals surface area contributed by atoms with Crippen molar-refractivity contribution in [2.75, 3.05) is 5.32 Å². The normalized spacial score (nSPS) is 16.1. The summed E-state index contributed by atoms with van der Waals surface area (Å²) in [7, 11) is 0. The molecule has 28 heavy (non-hydrogen) atoms. The summed E-state index contributed by atoms with van der Waals surface area (Å²) in [5.74, 6) is 0.198. The number of non-ortho nitro benzene ring substituents is 1. The number of nitrogens with one attached hydrogen (secondary N) is 1. The first-order valence-electron chi connectivity index (χ1n) is 9.37. The highest BCUT2D eigenvalue weighted by molar-refractivity contribution is 7.16. The van der Waals surface area contributed by atoms with Crippen LogP contribution in [-0.2, 0) is 12.8 Å². The van der Waals surface area contributed by atoms with Crippen LogP contribution < -0.4 is 5.32 Å². The molecule has 1 atom stereocenters. The lowest BCUT2D eigenvalue weighted by Crippen LogP contribution is -2.28. The average molecular weight is 398 g/mol. The van der Waals surface area contributed by atoms with Crippen LogP contribution in [0.1, 0.15) is 60.0 Å². The molecular weight excluding hydrogens is 374 g/mol. The van der Waals surface area contributed by atoms with Gasteiger partial charge < -0.3 is 5.32 Å². The third-order valence-corrected chi connectivity index (χ3v) is 7.13. The van der Waals surface area contributed by atoms with Crippen molar-refractivity contribution >= 4 is 27.9 Å². The largest absolute Gasteiger partial charge is 0.312 e. The molecule has 3 rings (SSSR count). The van der Waals surface area contributed by atoms with E-state index in [0.717, 1.165) is 31.2 Å². The second-order valence-electron chi connectivity index (χ2n) is 7.86. The van der Waals surface area contributed by atoms with Crippen molar-refractivity contribution in [1.29, 1.82) is 5.26 Å². The van der Waals surface area contributed by atoms with E-state index in [4.69, 9.17) is 0 Å².